The first-order valence-electron chi connectivity index (χ1n) is 8.35. The minimum atomic E-state index is -0.856. The molecule has 3 aromatic rings. The van der Waals surface area contributed by atoms with Crippen molar-refractivity contribution in [1.82, 2.24) is 25.2 Å². The molecule has 7 nitrogen and oxygen atoms in total. The molecule has 0 bridgehead atoms. The molecule has 2 aromatic heterocycles. The van der Waals surface area contributed by atoms with Gasteiger partial charge in [0.1, 0.15) is 5.01 Å². The maximum atomic E-state index is 12.5. The molecule has 1 atom stereocenters. The van der Waals surface area contributed by atoms with E-state index in [4.69, 9.17) is 0 Å². The number of thioether (sulfide) groups is 1. The fourth-order valence-electron chi connectivity index (χ4n) is 2.42. The number of nitriles is 1. The Morgan fingerprint density at radius 3 is 2.67 bits per heavy atom. The topological polar surface area (TPSA) is 97.4 Å². The number of nitrogens with zero attached hydrogens (tertiary/aromatic N) is 6. The van der Waals surface area contributed by atoms with E-state index >= 15 is 0 Å². The Kier molecular flexibility index (Phi) is 5.98. The molecule has 1 aromatic carbocycles. The predicted molar refractivity (Wildman–Crippen MR) is 104 cm³/mol. The zero-order valence-electron chi connectivity index (χ0n) is 15.2. The molecule has 27 heavy (non-hydrogen) atoms. The van der Waals surface area contributed by atoms with Crippen LogP contribution in [0.25, 0.3) is 5.69 Å². The van der Waals surface area contributed by atoms with Gasteiger partial charge in [-0.3, -0.25) is 4.79 Å². The summed E-state index contributed by atoms with van der Waals surface area (Å²) in [5.74, 6) is -0.523. The number of tetrazole rings is 1. The van der Waals surface area contributed by atoms with Gasteiger partial charge in [-0.2, -0.15) is 9.94 Å². The Labute approximate surface area is 165 Å². The van der Waals surface area contributed by atoms with Gasteiger partial charge in [-0.25, -0.2) is 4.98 Å². The van der Waals surface area contributed by atoms with E-state index in [2.05, 4.69) is 40.4 Å². The van der Waals surface area contributed by atoms with Gasteiger partial charge in [0.25, 0.3) is 0 Å². The van der Waals surface area contributed by atoms with Crippen molar-refractivity contribution in [3.05, 3.63) is 45.9 Å². The maximum Gasteiger partial charge on any atom is 0.214 e. The summed E-state index contributed by atoms with van der Waals surface area (Å²) in [6.45, 7) is 6.11. The maximum absolute atomic E-state index is 12.5. The van der Waals surface area contributed by atoms with Crippen molar-refractivity contribution >= 4 is 28.9 Å². The van der Waals surface area contributed by atoms with Gasteiger partial charge in [0.15, 0.2) is 11.7 Å². The third kappa shape index (κ3) is 4.40. The molecule has 0 saturated carbocycles. The van der Waals surface area contributed by atoms with Crippen molar-refractivity contribution in [1.29, 1.82) is 5.26 Å². The summed E-state index contributed by atoms with van der Waals surface area (Å²) >= 11 is 2.54. The number of carbonyl (C=O) groups is 1. The summed E-state index contributed by atoms with van der Waals surface area (Å²) in [5, 5.41) is 24.0. The van der Waals surface area contributed by atoms with Crippen molar-refractivity contribution in [2.75, 3.05) is 5.75 Å². The standard InChI is InChI=1S/C18H18N6OS2/c1-11(2)13-4-6-14(7-5-13)24-18(21-22-23-24)27-10-16(25)15(8-19)17-20-12(3)9-26-17/h4-7,9,11,15H,10H2,1-3H3/t15-/m0/s1. The van der Waals surface area contributed by atoms with Crippen LogP contribution in [0, 0.1) is 18.3 Å². The fraction of sp³-hybridized carbons (Fsp3) is 0.333. The highest BCUT2D eigenvalue weighted by Crippen LogP contribution is 2.25. The molecule has 0 aliphatic heterocycles. The number of carbonyl (C=O) groups excluding carboxylic acids is 1. The lowest BCUT2D eigenvalue weighted by atomic mass is 10.0. The number of benzene rings is 1. The fourth-order valence-corrected chi connectivity index (χ4v) is 4.08. The lowest BCUT2D eigenvalue weighted by molar-refractivity contribution is -0.116. The van der Waals surface area contributed by atoms with E-state index in [1.165, 1.54) is 28.7 Å². The second-order valence-corrected chi connectivity index (χ2v) is 8.10. The number of ketones is 1. The molecule has 0 fully saturated rings. The molecule has 0 spiro atoms. The molecule has 3 rings (SSSR count). The second kappa shape index (κ2) is 8.41. The van der Waals surface area contributed by atoms with Gasteiger partial charge in [-0.05, 0) is 41.0 Å². The van der Waals surface area contributed by atoms with E-state index in [-0.39, 0.29) is 11.5 Å². The van der Waals surface area contributed by atoms with Crippen molar-refractivity contribution in [2.45, 2.75) is 37.8 Å². The van der Waals surface area contributed by atoms with E-state index in [0.717, 1.165) is 11.4 Å². The van der Waals surface area contributed by atoms with Gasteiger partial charge < -0.3 is 0 Å². The highest BCUT2D eigenvalue weighted by atomic mass is 32.2. The molecule has 0 unspecified atom stereocenters. The van der Waals surface area contributed by atoms with Crippen LogP contribution in [-0.2, 0) is 4.79 Å². The molecular weight excluding hydrogens is 380 g/mol. The van der Waals surface area contributed by atoms with E-state index in [0.29, 0.717) is 16.1 Å². The smallest absolute Gasteiger partial charge is 0.214 e. The Bertz CT molecular complexity index is 970. The average Bonchev–Trinajstić information content (AvgIpc) is 3.30. The number of aryl methyl sites for hydroxylation is 1. The number of thiazole rings is 1. The molecular formula is C18H18N6OS2. The Balaban J connectivity index is 1.71. The summed E-state index contributed by atoms with van der Waals surface area (Å²) < 4.78 is 1.59. The van der Waals surface area contributed by atoms with E-state index in [1.54, 1.807) is 4.68 Å². The third-order valence-corrected chi connectivity index (χ3v) is 5.89. The molecule has 0 N–H and O–H groups in total. The summed E-state index contributed by atoms with van der Waals surface area (Å²) in [4.78, 5) is 16.7. The molecule has 2 heterocycles. The van der Waals surface area contributed by atoms with Crippen LogP contribution in [0.2, 0.25) is 0 Å². The molecule has 0 aliphatic rings. The number of Topliss-reactive ketones (excluding diaryl/α,β-unsaturated/α-hetero) is 1. The largest absolute Gasteiger partial charge is 0.297 e. The number of aromatic nitrogens is 5. The Morgan fingerprint density at radius 2 is 2.07 bits per heavy atom. The van der Waals surface area contributed by atoms with Crippen LogP contribution in [0.1, 0.15) is 41.9 Å². The van der Waals surface area contributed by atoms with Crippen molar-refractivity contribution in [2.24, 2.45) is 0 Å². The monoisotopic (exact) mass is 398 g/mol. The summed E-state index contributed by atoms with van der Waals surface area (Å²) in [5.41, 5.74) is 2.86. The highest BCUT2D eigenvalue weighted by Gasteiger charge is 2.24. The molecule has 0 radical (unpaired) electrons. The lowest BCUT2D eigenvalue weighted by Crippen LogP contribution is -2.13. The van der Waals surface area contributed by atoms with Crippen LogP contribution in [-0.4, -0.2) is 36.7 Å². The number of rotatable bonds is 7. The van der Waals surface area contributed by atoms with Gasteiger partial charge in [0.2, 0.25) is 5.16 Å². The predicted octanol–water partition coefficient (Wildman–Crippen LogP) is 3.52. The SMILES string of the molecule is Cc1csc([C@@H](C#N)C(=O)CSc2nnnn2-c2ccc(C(C)C)cc2)n1. The van der Waals surface area contributed by atoms with E-state index in [9.17, 15) is 10.1 Å². The summed E-state index contributed by atoms with van der Waals surface area (Å²) in [7, 11) is 0. The zero-order chi connectivity index (χ0) is 19.4. The van der Waals surface area contributed by atoms with Gasteiger partial charge in [-0.1, -0.05) is 37.7 Å². The Hall–Kier alpha value is -2.57. The molecule has 9 heteroatoms. The Morgan fingerprint density at radius 1 is 1.33 bits per heavy atom. The summed E-state index contributed by atoms with van der Waals surface area (Å²) in [6, 6.07) is 10.0. The van der Waals surface area contributed by atoms with Gasteiger partial charge in [0.05, 0.1) is 17.5 Å². The van der Waals surface area contributed by atoms with Gasteiger partial charge >= 0.3 is 0 Å². The molecule has 138 valence electrons. The third-order valence-electron chi connectivity index (χ3n) is 3.92. The molecule has 0 amide bonds. The van der Waals surface area contributed by atoms with Crippen LogP contribution >= 0.6 is 23.1 Å². The van der Waals surface area contributed by atoms with E-state index < -0.39 is 5.92 Å². The number of hydrogen-bond donors (Lipinski definition) is 0. The average molecular weight is 399 g/mol. The zero-order valence-corrected chi connectivity index (χ0v) is 16.8. The van der Waals surface area contributed by atoms with Crippen molar-refractivity contribution in [3.63, 3.8) is 0 Å². The first kappa shape index (κ1) is 19.2. The minimum absolute atomic E-state index is 0.0985. The van der Waals surface area contributed by atoms with Crippen LogP contribution in [0.15, 0.2) is 34.8 Å². The van der Waals surface area contributed by atoms with Crippen molar-refractivity contribution in [3.8, 4) is 11.8 Å². The van der Waals surface area contributed by atoms with Crippen LogP contribution in [0.5, 0.6) is 0 Å². The van der Waals surface area contributed by atoms with Crippen LogP contribution in [0.3, 0.4) is 0 Å². The quantitative estimate of drug-likeness (QED) is 0.562. The molecule has 0 aliphatic carbocycles. The second-order valence-electron chi connectivity index (χ2n) is 6.26. The summed E-state index contributed by atoms with van der Waals surface area (Å²) in [6.07, 6.45) is 0. The minimum Gasteiger partial charge on any atom is -0.297 e. The first-order chi connectivity index (χ1) is 13.0. The number of hydrogen-bond acceptors (Lipinski definition) is 8. The normalized spacial score (nSPS) is 12.1. The lowest BCUT2D eigenvalue weighted by Gasteiger charge is -2.08. The highest BCUT2D eigenvalue weighted by molar-refractivity contribution is 7.99. The van der Waals surface area contributed by atoms with E-state index in [1.807, 2.05) is 36.6 Å². The first-order valence-corrected chi connectivity index (χ1v) is 10.2. The van der Waals surface area contributed by atoms with Crippen LogP contribution in [0.4, 0.5) is 0 Å². The van der Waals surface area contributed by atoms with Crippen molar-refractivity contribution < 1.29 is 4.79 Å². The van der Waals surface area contributed by atoms with Gasteiger partial charge in [0, 0.05) is 11.1 Å². The molecule has 0 saturated heterocycles. The van der Waals surface area contributed by atoms with Gasteiger partial charge in [-0.15, -0.1) is 16.4 Å². The van der Waals surface area contributed by atoms with Crippen LogP contribution < -0.4 is 0 Å².